The van der Waals surface area contributed by atoms with Gasteiger partial charge >= 0.3 is 0 Å². The smallest absolute Gasteiger partial charge is 0.244 e. The molecule has 7 heteroatoms. The Kier molecular flexibility index (Phi) is 11.4. The van der Waals surface area contributed by atoms with Crippen LogP contribution < -0.4 is 10.6 Å². The molecule has 2 N–H and O–H groups in total. The van der Waals surface area contributed by atoms with Crippen molar-refractivity contribution >= 4 is 29.5 Å². The lowest BCUT2D eigenvalue weighted by Gasteiger charge is -2.31. The van der Waals surface area contributed by atoms with E-state index in [0.29, 0.717) is 24.0 Å². The van der Waals surface area contributed by atoms with Crippen LogP contribution in [0.4, 0.5) is 0 Å². The lowest BCUT2D eigenvalue weighted by Crippen LogP contribution is -2.50. The van der Waals surface area contributed by atoms with Crippen LogP contribution in [0.5, 0.6) is 0 Å². The fourth-order valence-electron chi connectivity index (χ4n) is 5.62. The van der Waals surface area contributed by atoms with Crippen LogP contribution in [0.2, 0.25) is 5.02 Å². The Morgan fingerprint density at radius 3 is 2.54 bits per heavy atom. The molecule has 0 saturated carbocycles. The second-order valence-electron chi connectivity index (χ2n) is 10.8. The number of rotatable bonds is 11. The molecule has 0 aromatic heterocycles. The van der Waals surface area contributed by atoms with E-state index in [1.54, 1.807) is 12.2 Å². The van der Waals surface area contributed by atoms with E-state index in [4.69, 9.17) is 11.6 Å². The van der Waals surface area contributed by atoms with Crippen LogP contribution in [0.1, 0.15) is 62.5 Å². The Bertz CT molecular complexity index is 1070. The highest BCUT2D eigenvalue weighted by Gasteiger charge is 2.32. The Morgan fingerprint density at radius 1 is 1.08 bits per heavy atom. The second kappa shape index (κ2) is 15.2. The molecule has 2 aromatic rings. The van der Waals surface area contributed by atoms with Crippen molar-refractivity contribution < 1.29 is 9.59 Å². The zero-order valence-electron chi connectivity index (χ0n) is 23.2. The van der Waals surface area contributed by atoms with Gasteiger partial charge in [0, 0.05) is 49.2 Å². The van der Waals surface area contributed by atoms with Gasteiger partial charge in [-0.25, -0.2) is 0 Å². The highest BCUT2D eigenvalue weighted by Crippen LogP contribution is 2.23. The van der Waals surface area contributed by atoms with Crippen molar-refractivity contribution in [3.63, 3.8) is 0 Å². The molecule has 2 amide bonds. The predicted molar refractivity (Wildman–Crippen MR) is 160 cm³/mol. The van der Waals surface area contributed by atoms with E-state index in [2.05, 4.69) is 51.6 Å². The summed E-state index contributed by atoms with van der Waals surface area (Å²) in [5.41, 5.74) is 2.20. The minimum atomic E-state index is -0.241. The van der Waals surface area contributed by atoms with Gasteiger partial charge in [0.05, 0.1) is 6.04 Å². The van der Waals surface area contributed by atoms with Gasteiger partial charge in [-0.15, -0.1) is 0 Å². The highest BCUT2D eigenvalue weighted by atomic mass is 35.5. The van der Waals surface area contributed by atoms with Gasteiger partial charge in [-0.3, -0.25) is 9.59 Å². The normalized spacial score (nSPS) is 21.6. The summed E-state index contributed by atoms with van der Waals surface area (Å²) < 4.78 is 0. The number of hydrogen-bond donors (Lipinski definition) is 2. The molecule has 2 heterocycles. The Hall–Kier alpha value is -2.67. The molecule has 0 unspecified atom stereocenters. The van der Waals surface area contributed by atoms with E-state index >= 15 is 0 Å². The third kappa shape index (κ3) is 9.20. The fourth-order valence-corrected chi connectivity index (χ4v) is 5.74. The third-order valence-corrected chi connectivity index (χ3v) is 8.25. The molecule has 0 bridgehead atoms. The van der Waals surface area contributed by atoms with Crippen LogP contribution in [-0.4, -0.2) is 73.0 Å². The van der Waals surface area contributed by atoms with Crippen LogP contribution in [-0.2, 0) is 9.59 Å². The van der Waals surface area contributed by atoms with E-state index in [-0.39, 0.29) is 23.9 Å². The maximum absolute atomic E-state index is 13.8. The lowest BCUT2D eigenvalue weighted by molar-refractivity contribution is -0.133. The summed E-state index contributed by atoms with van der Waals surface area (Å²) in [7, 11) is 0. The number of nitrogens with one attached hydrogen (secondary N) is 2. The molecule has 0 radical (unpaired) electrons. The zero-order valence-corrected chi connectivity index (χ0v) is 23.9. The molecule has 2 aromatic carbocycles. The van der Waals surface area contributed by atoms with Crippen LogP contribution in [0, 0.1) is 0 Å². The SMILES string of the molecule is CC[C@H](CN1CC[C@@H](CNC(=O)C=Cc2ccc(Cl)cc2)N[C@@H](CCN2CCCCC2)C1=O)c1ccccc1. The van der Waals surface area contributed by atoms with Gasteiger partial charge in [-0.05, 0) is 74.5 Å². The first kappa shape index (κ1) is 29.3. The van der Waals surface area contributed by atoms with Crippen LogP contribution in [0.25, 0.3) is 6.08 Å². The molecule has 210 valence electrons. The topological polar surface area (TPSA) is 64.7 Å². The van der Waals surface area contributed by atoms with Crippen molar-refractivity contribution in [2.75, 3.05) is 39.3 Å². The maximum Gasteiger partial charge on any atom is 0.244 e. The van der Waals surface area contributed by atoms with Crippen molar-refractivity contribution in [3.8, 4) is 0 Å². The van der Waals surface area contributed by atoms with Crippen molar-refractivity contribution in [3.05, 3.63) is 76.8 Å². The van der Waals surface area contributed by atoms with E-state index < -0.39 is 0 Å². The third-order valence-electron chi connectivity index (χ3n) is 8.00. The van der Waals surface area contributed by atoms with Gasteiger partial charge in [-0.1, -0.05) is 67.4 Å². The summed E-state index contributed by atoms with van der Waals surface area (Å²) in [6.45, 7) is 7.27. The summed E-state index contributed by atoms with van der Waals surface area (Å²) in [5, 5.41) is 7.34. The summed E-state index contributed by atoms with van der Waals surface area (Å²) in [5.74, 6) is 0.365. The number of carbonyl (C=O) groups excluding carboxylic acids is 2. The molecule has 6 nitrogen and oxygen atoms in total. The molecular formula is C32H43ClN4O2. The number of piperidine rings is 1. The van der Waals surface area contributed by atoms with E-state index in [9.17, 15) is 9.59 Å². The summed E-state index contributed by atoms with van der Waals surface area (Å²) in [6, 6.07) is 17.7. The van der Waals surface area contributed by atoms with Crippen molar-refractivity contribution in [1.82, 2.24) is 20.4 Å². The standard InChI is InChI=1S/C32H43ClN4O2/c1-2-26(27-9-5-3-6-10-27)24-37-22-17-29(23-34-31(38)16-13-25-11-14-28(33)15-12-25)35-30(32(37)39)18-21-36-19-7-4-8-20-36/h3,5-6,9-16,26,29-30,35H,2,4,7-8,17-24H2,1H3,(H,34,38)/t26-,29+,30+/m1/s1. The number of likely N-dealkylation sites (tertiary alicyclic amines) is 1. The molecular weight excluding hydrogens is 508 g/mol. The Labute approximate surface area is 238 Å². The molecule has 39 heavy (non-hydrogen) atoms. The average molecular weight is 551 g/mol. The zero-order chi connectivity index (χ0) is 27.5. The molecule has 3 atom stereocenters. The van der Waals surface area contributed by atoms with Crippen molar-refractivity contribution in [2.45, 2.75) is 63.5 Å². The molecule has 4 rings (SSSR count). The van der Waals surface area contributed by atoms with Gasteiger partial charge < -0.3 is 20.4 Å². The summed E-state index contributed by atoms with van der Waals surface area (Å²) in [6.07, 6.45) is 9.70. The van der Waals surface area contributed by atoms with Gasteiger partial charge in [0.1, 0.15) is 0 Å². The minimum Gasteiger partial charge on any atom is -0.351 e. The maximum atomic E-state index is 13.8. The highest BCUT2D eigenvalue weighted by molar-refractivity contribution is 6.30. The van der Waals surface area contributed by atoms with Crippen LogP contribution >= 0.6 is 11.6 Å². The van der Waals surface area contributed by atoms with Gasteiger partial charge in [0.15, 0.2) is 0 Å². The first-order chi connectivity index (χ1) is 19.0. The molecule has 2 aliphatic heterocycles. The number of halogens is 1. The van der Waals surface area contributed by atoms with Crippen LogP contribution in [0.3, 0.4) is 0 Å². The quantitative estimate of drug-likeness (QED) is 0.382. The number of nitrogens with zero attached hydrogens (tertiary/aromatic N) is 2. The molecule has 2 fully saturated rings. The first-order valence-corrected chi connectivity index (χ1v) is 14.9. The lowest BCUT2D eigenvalue weighted by atomic mass is 9.95. The second-order valence-corrected chi connectivity index (χ2v) is 11.3. The molecule has 0 aliphatic carbocycles. The average Bonchev–Trinajstić information content (AvgIpc) is 3.12. The summed E-state index contributed by atoms with van der Waals surface area (Å²) in [4.78, 5) is 30.9. The largest absolute Gasteiger partial charge is 0.351 e. The van der Waals surface area contributed by atoms with Gasteiger partial charge in [0.2, 0.25) is 11.8 Å². The van der Waals surface area contributed by atoms with Gasteiger partial charge in [0.25, 0.3) is 0 Å². The van der Waals surface area contributed by atoms with Crippen molar-refractivity contribution in [1.29, 1.82) is 0 Å². The van der Waals surface area contributed by atoms with Crippen molar-refractivity contribution in [2.24, 2.45) is 0 Å². The van der Waals surface area contributed by atoms with E-state index in [0.717, 1.165) is 51.0 Å². The Morgan fingerprint density at radius 2 is 1.82 bits per heavy atom. The predicted octanol–water partition coefficient (Wildman–Crippen LogP) is 5.10. The molecule has 2 saturated heterocycles. The van der Waals surface area contributed by atoms with E-state index in [1.165, 1.54) is 24.8 Å². The first-order valence-electron chi connectivity index (χ1n) is 14.6. The number of benzene rings is 2. The summed E-state index contributed by atoms with van der Waals surface area (Å²) >= 11 is 5.95. The number of carbonyl (C=O) groups is 2. The molecule has 2 aliphatic rings. The van der Waals surface area contributed by atoms with Crippen LogP contribution in [0.15, 0.2) is 60.7 Å². The minimum absolute atomic E-state index is 0.0370. The van der Waals surface area contributed by atoms with Gasteiger partial charge in [-0.2, -0.15) is 0 Å². The van der Waals surface area contributed by atoms with E-state index in [1.807, 2.05) is 30.3 Å². The number of hydrogen-bond acceptors (Lipinski definition) is 4. The Balaban J connectivity index is 1.38. The molecule has 0 spiro atoms. The fraction of sp³-hybridized carbons (Fsp3) is 0.500. The number of amides is 2. The monoisotopic (exact) mass is 550 g/mol.